The van der Waals surface area contributed by atoms with E-state index in [9.17, 15) is 0 Å². The highest BCUT2D eigenvalue weighted by Gasteiger charge is 2.12. The summed E-state index contributed by atoms with van der Waals surface area (Å²) < 4.78 is 7.98. The number of fused-ring (bicyclic) bond motifs is 1. The van der Waals surface area contributed by atoms with E-state index >= 15 is 0 Å². The van der Waals surface area contributed by atoms with E-state index in [0.717, 1.165) is 26.5 Å². The van der Waals surface area contributed by atoms with E-state index in [1.807, 2.05) is 31.4 Å². The lowest BCUT2D eigenvalue weighted by molar-refractivity contribution is 0.385. The molecule has 0 amide bonds. The van der Waals surface area contributed by atoms with Crippen LogP contribution in [-0.4, -0.2) is 25.1 Å². The number of nitrogens with zero attached hydrogens (tertiary/aromatic N) is 5. The van der Waals surface area contributed by atoms with Crippen molar-refractivity contribution >= 4 is 26.7 Å². The molecule has 0 unspecified atom stereocenters. The maximum absolute atomic E-state index is 5.33. The Hall–Kier alpha value is -2.54. The molecule has 0 aliphatic rings. The lowest BCUT2D eigenvalue weighted by Crippen LogP contribution is -1.89. The topological polar surface area (TPSA) is 69.6 Å². The average molecular weight is 370 g/mol. The maximum atomic E-state index is 5.33. The summed E-state index contributed by atoms with van der Waals surface area (Å²) in [6, 6.07) is 12.2. The van der Waals surface area contributed by atoms with Crippen LogP contribution in [0, 0.1) is 0 Å². The summed E-state index contributed by atoms with van der Waals surface area (Å²) >= 11 is 3.60. The fraction of sp³-hybridized carbons (Fsp3) is 0.125. The van der Waals surface area contributed by atoms with Gasteiger partial charge in [0.2, 0.25) is 11.7 Å². The minimum absolute atomic E-state index is 0.468. The van der Waals surface area contributed by atoms with Crippen LogP contribution in [0.15, 0.2) is 51.6 Å². The zero-order chi connectivity index (χ0) is 15.8. The summed E-state index contributed by atoms with van der Waals surface area (Å²) in [5, 5.41) is 14.3. The molecule has 2 aromatic heterocycles. The Morgan fingerprint density at radius 3 is 2.91 bits per heavy atom. The first kappa shape index (κ1) is 14.1. The van der Waals surface area contributed by atoms with Gasteiger partial charge < -0.3 is 4.52 Å². The Labute approximate surface area is 140 Å². The Morgan fingerprint density at radius 2 is 2.09 bits per heavy atom. The number of halogens is 1. The summed E-state index contributed by atoms with van der Waals surface area (Å²) in [5.74, 6) is 1.08. The molecule has 7 heteroatoms. The molecule has 4 aromatic rings. The van der Waals surface area contributed by atoms with Gasteiger partial charge in [0.25, 0.3) is 0 Å². The lowest BCUT2D eigenvalue weighted by atomic mass is 10.1. The number of benzene rings is 2. The SMILES string of the molecule is Cn1cc(Cc2nc(-c3cc(Br)c4ccccc4c3)no2)nn1. The van der Waals surface area contributed by atoms with Crippen molar-refractivity contribution in [2.45, 2.75) is 6.42 Å². The minimum atomic E-state index is 0.468. The maximum Gasteiger partial charge on any atom is 0.233 e. The Balaban J connectivity index is 1.68. The molecule has 0 fully saturated rings. The van der Waals surface area contributed by atoms with E-state index in [0.29, 0.717) is 18.1 Å². The van der Waals surface area contributed by atoms with Gasteiger partial charge in [0.05, 0.1) is 12.1 Å². The Kier molecular flexibility index (Phi) is 3.42. The van der Waals surface area contributed by atoms with Crippen LogP contribution in [0.25, 0.3) is 22.2 Å². The van der Waals surface area contributed by atoms with Gasteiger partial charge >= 0.3 is 0 Å². The molecular weight excluding hydrogens is 358 g/mol. The van der Waals surface area contributed by atoms with Gasteiger partial charge in [-0.3, -0.25) is 4.68 Å². The molecule has 2 aromatic carbocycles. The number of aromatic nitrogens is 5. The van der Waals surface area contributed by atoms with Gasteiger partial charge in [-0.2, -0.15) is 4.98 Å². The van der Waals surface area contributed by atoms with Gasteiger partial charge in [0.1, 0.15) is 0 Å². The highest BCUT2D eigenvalue weighted by Crippen LogP contribution is 2.29. The first-order valence-electron chi connectivity index (χ1n) is 7.05. The molecule has 0 aliphatic heterocycles. The summed E-state index contributed by atoms with van der Waals surface area (Å²) in [5.41, 5.74) is 1.70. The third-order valence-electron chi connectivity index (χ3n) is 3.52. The normalized spacial score (nSPS) is 11.2. The molecular formula is C16H12BrN5O. The standard InChI is InChI=1S/C16H12BrN5O/c1-22-9-12(19-21-22)8-15-18-16(20-23-15)11-6-10-4-2-3-5-13(10)14(17)7-11/h2-7,9H,8H2,1H3. The van der Waals surface area contributed by atoms with Crippen LogP contribution >= 0.6 is 15.9 Å². The molecule has 0 saturated carbocycles. The molecule has 0 radical (unpaired) electrons. The van der Waals surface area contributed by atoms with E-state index in [4.69, 9.17) is 4.52 Å². The first-order chi connectivity index (χ1) is 11.2. The van der Waals surface area contributed by atoms with Crippen LogP contribution in [0.2, 0.25) is 0 Å². The van der Waals surface area contributed by atoms with Crippen LogP contribution in [0.1, 0.15) is 11.6 Å². The van der Waals surface area contributed by atoms with Crippen molar-refractivity contribution in [3.63, 3.8) is 0 Å². The van der Waals surface area contributed by atoms with Crippen LogP contribution in [0.5, 0.6) is 0 Å². The van der Waals surface area contributed by atoms with E-state index < -0.39 is 0 Å². The average Bonchev–Trinajstić information content (AvgIpc) is 3.17. The van der Waals surface area contributed by atoms with Crippen molar-refractivity contribution < 1.29 is 4.52 Å². The van der Waals surface area contributed by atoms with E-state index in [-0.39, 0.29) is 0 Å². The third kappa shape index (κ3) is 2.75. The quantitative estimate of drug-likeness (QED) is 0.553. The summed E-state index contributed by atoms with van der Waals surface area (Å²) in [4.78, 5) is 4.46. The van der Waals surface area contributed by atoms with Crippen LogP contribution in [0.4, 0.5) is 0 Å². The van der Waals surface area contributed by atoms with Gasteiger partial charge in [-0.1, -0.05) is 50.6 Å². The van der Waals surface area contributed by atoms with E-state index in [1.54, 1.807) is 4.68 Å². The van der Waals surface area contributed by atoms with Crippen LogP contribution < -0.4 is 0 Å². The predicted molar refractivity (Wildman–Crippen MR) is 88.7 cm³/mol. The molecule has 23 heavy (non-hydrogen) atoms. The second-order valence-electron chi connectivity index (χ2n) is 5.25. The summed E-state index contributed by atoms with van der Waals surface area (Å²) in [6.45, 7) is 0. The molecule has 2 heterocycles. The smallest absolute Gasteiger partial charge is 0.233 e. The summed E-state index contributed by atoms with van der Waals surface area (Å²) in [6.07, 6.45) is 2.30. The zero-order valence-electron chi connectivity index (χ0n) is 12.3. The van der Waals surface area contributed by atoms with Gasteiger partial charge in [-0.05, 0) is 22.9 Å². The molecule has 0 spiro atoms. The molecule has 0 aliphatic carbocycles. The molecule has 6 nitrogen and oxygen atoms in total. The third-order valence-corrected chi connectivity index (χ3v) is 4.18. The zero-order valence-corrected chi connectivity index (χ0v) is 13.9. The molecule has 0 saturated heterocycles. The number of hydrogen-bond donors (Lipinski definition) is 0. The van der Waals surface area contributed by atoms with Gasteiger partial charge in [-0.25, -0.2) is 0 Å². The molecule has 114 valence electrons. The monoisotopic (exact) mass is 369 g/mol. The van der Waals surface area contributed by atoms with Crippen LogP contribution in [0.3, 0.4) is 0 Å². The second-order valence-corrected chi connectivity index (χ2v) is 6.11. The van der Waals surface area contributed by atoms with Crippen molar-refractivity contribution in [1.29, 1.82) is 0 Å². The molecule has 0 bridgehead atoms. The van der Waals surface area contributed by atoms with Crippen molar-refractivity contribution in [3.8, 4) is 11.4 Å². The predicted octanol–water partition coefficient (Wildman–Crippen LogP) is 3.37. The van der Waals surface area contributed by atoms with Gasteiger partial charge in [0, 0.05) is 23.3 Å². The number of aryl methyl sites for hydroxylation is 1. The van der Waals surface area contributed by atoms with Crippen molar-refractivity contribution in [1.82, 2.24) is 25.1 Å². The highest BCUT2D eigenvalue weighted by molar-refractivity contribution is 9.10. The van der Waals surface area contributed by atoms with E-state index in [1.165, 1.54) is 0 Å². The Bertz CT molecular complexity index is 991. The van der Waals surface area contributed by atoms with Crippen molar-refractivity contribution in [2.75, 3.05) is 0 Å². The van der Waals surface area contributed by atoms with Gasteiger partial charge in [0.15, 0.2) is 0 Å². The molecule has 4 rings (SSSR count). The molecule has 0 atom stereocenters. The fourth-order valence-corrected chi connectivity index (χ4v) is 3.08. The van der Waals surface area contributed by atoms with Crippen LogP contribution in [-0.2, 0) is 13.5 Å². The largest absolute Gasteiger partial charge is 0.339 e. The van der Waals surface area contributed by atoms with Crippen molar-refractivity contribution in [3.05, 3.63) is 58.7 Å². The number of rotatable bonds is 3. The van der Waals surface area contributed by atoms with E-state index in [2.05, 4.69) is 54.6 Å². The fourth-order valence-electron chi connectivity index (χ4n) is 2.47. The van der Waals surface area contributed by atoms with Gasteiger partial charge in [-0.15, -0.1) is 5.10 Å². The minimum Gasteiger partial charge on any atom is -0.339 e. The Morgan fingerprint density at radius 1 is 1.22 bits per heavy atom. The highest BCUT2D eigenvalue weighted by atomic mass is 79.9. The lowest BCUT2D eigenvalue weighted by Gasteiger charge is -2.02. The van der Waals surface area contributed by atoms with Crippen molar-refractivity contribution in [2.24, 2.45) is 7.05 Å². The molecule has 0 N–H and O–H groups in total. The first-order valence-corrected chi connectivity index (χ1v) is 7.85. The summed E-state index contributed by atoms with van der Waals surface area (Å²) in [7, 11) is 1.82. The number of hydrogen-bond acceptors (Lipinski definition) is 5. The second kappa shape index (κ2) is 5.58.